The number of hydrogen-bond acceptors (Lipinski definition) is 3. The molecule has 0 saturated carbocycles. The van der Waals surface area contributed by atoms with E-state index in [9.17, 15) is 4.79 Å². The van der Waals surface area contributed by atoms with Gasteiger partial charge >= 0.3 is 0 Å². The van der Waals surface area contributed by atoms with Gasteiger partial charge in [-0.15, -0.1) is 0 Å². The molecule has 0 amide bonds. The Morgan fingerprint density at radius 2 is 1.72 bits per heavy atom. The average molecular weight is 246 g/mol. The van der Waals surface area contributed by atoms with E-state index in [1.165, 1.54) is 18.5 Å². The summed E-state index contributed by atoms with van der Waals surface area (Å²) in [4.78, 5) is 16.0. The fraction of sp³-hybridized carbons (Fsp3) is 0.533. The Morgan fingerprint density at radius 1 is 1.17 bits per heavy atom. The number of hydrogen-bond donors (Lipinski definition) is 0. The third-order valence-corrected chi connectivity index (χ3v) is 3.83. The van der Waals surface area contributed by atoms with E-state index in [0.29, 0.717) is 6.04 Å². The first kappa shape index (κ1) is 13.1. The van der Waals surface area contributed by atoms with Gasteiger partial charge in [-0.05, 0) is 58.1 Å². The van der Waals surface area contributed by atoms with Gasteiger partial charge in [-0.3, -0.25) is 4.79 Å². The third kappa shape index (κ3) is 2.91. The lowest BCUT2D eigenvalue weighted by Gasteiger charge is -2.36. The van der Waals surface area contributed by atoms with Crippen molar-refractivity contribution < 1.29 is 4.79 Å². The normalized spacial score (nSPS) is 17.2. The van der Waals surface area contributed by atoms with Crippen LogP contribution in [-0.4, -0.2) is 43.9 Å². The van der Waals surface area contributed by atoms with E-state index in [2.05, 4.69) is 36.0 Å². The van der Waals surface area contributed by atoms with E-state index in [-0.39, 0.29) is 5.78 Å². The minimum absolute atomic E-state index is 0.132. The maximum atomic E-state index is 11.2. The van der Waals surface area contributed by atoms with E-state index in [1.54, 1.807) is 6.92 Å². The van der Waals surface area contributed by atoms with Crippen LogP contribution in [0.15, 0.2) is 24.3 Å². The van der Waals surface area contributed by atoms with E-state index in [1.807, 2.05) is 12.1 Å². The van der Waals surface area contributed by atoms with Crippen LogP contribution in [0.25, 0.3) is 0 Å². The Kier molecular flexibility index (Phi) is 4.02. The summed E-state index contributed by atoms with van der Waals surface area (Å²) in [5.74, 6) is 0.132. The van der Waals surface area contributed by atoms with Gasteiger partial charge in [0.1, 0.15) is 0 Å². The lowest BCUT2D eigenvalue weighted by Crippen LogP contribution is -2.41. The summed E-state index contributed by atoms with van der Waals surface area (Å²) in [6.45, 7) is 3.81. The molecule has 1 saturated heterocycles. The van der Waals surface area contributed by atoms with Crippen molar-refractivity contribution in [1.82, 2.24) is 4.90 Å². The van der Waals surface area contributed by atoms with Crippen molar-refractivity contribution in [2.75, 3.05) is 32.1 Å². The molecule has 0 atom stereocenters. The third-order valence-electron chi connectivity index (χ3n) is 3.83. The van der Waals surface area contributed by atoms with Crippen LogP contribution >= 0.6 is 0 Å². The molecule has 3 heteroatoms. The summed E-state index contributed by atoms with van der Waals surface area (Å²) in [7, 11) is 4.31. The maximum Gasteiger partial charge on any atom is 0.159 e. The molecule has 0 spiro atoms. The molecule has 1 aliphatic heterocycles. The lowest BCUT2D eigenvalue weighted by molar-refractivity contribution is 0.101. The highest BCUT2D eigenvalue weighted by Crippen LogP contribution is 2.22. The molecular weight excluding hydrogens is 224 g/mol. The Hall–Kier alpha value is -1.35. The zero-order valence-electron chi connectivity index (χ0n) is 11.5. The molecule has 18 heavy (non-hydrogen) atoms. The number of Topliss-reactive ketones (excluding diaryl/α,β-unsaturated/α-hetero) is 1. The van der Waals surface area contributed by atoms with E-state index < -0.39 is 0 Å². The SMILES string of the molecule is CC(=O)c1ccc(N2CCC(N(C)C)CC2)cc1. The standard InChI is InChI=1S/C15H22N2O/c1-12(18)13-4-6-15(7-5-13)17-10-8-14(9-11-17)16(2)3/h4-7,14H,8-11H2,1-3H3. The summed E-state index contributed by atoms with van der Waals surface area (Å²) in [5, 5.41) is 0. The Labute approximate surface area is 109 Å². The molecule has 0 N–H and O–H groups in total. The second-order valence-corrected chi connectivity index (χ2v) is 5.28. The fourth-order valence-electron chi connectivity index (χ4n) is 2.55. The molecule has 0 unspecified atom stereocenters. The van der Waals surface area contributed by atoms with Crippen molar-refractivity contribution >= 4 is 11.5 Å². The van der Waals surface area contributed by atoms with E-state index in [4.69, 9.17) is 0 Å². The van der Waals surface area contributed by atoms with E-state index in [0.717, 1.165) is 18.7 Å². The van der Waals surface area contributed by atoms with Crippen molar-refractivity contribution in [2.24, 2.45) is 0 Å². The highest BCUT2D eigenvalue weighted by atomic mass is 16.1. The number of ketones is 1. The van der Waals surface area contributed by atoms with Gasteiger partial charge in [-0.2, -0.15) is 0 Å². The van der Waals surface area contributed by atoms with Gasteiger partial charge in [0, 0.05) is 30.4 Å². The summed E-state index contributed by atoms with van der Waals surface area (Å²) in [6, 6.07) is 8.68. The van der Waals surface area contributed by atoms with Crippen LogP contribution in [-0.2, 0) is 0 Å². The average Bonchev–Trinajstić information content (AvgIpc) is 2.39. The topological polar surface area (TPSA) is 23.6 Å². The highest BCUT2D eigenvalue weighted by Gasteiger charge is 2.20. The van der Waals surface area contributed by atoms with Crippen molar-refractivity contribution in [2.45, 2.75) is 25.8 Å². The maximum absolute atomic E-state index is 11.2. The number of carbonyl (C=O) groups excluding carboxylic acids is 1. The predicted octanol–water partition coefficient (Wildman–Crippen LogP) is 2.42. The molecule has 1 aromatic carbocycles. The minimum atomic E-state index is 0.132. The number of nitrogens with zero attached hydrogens (tertiary/aromatic N) is 2. The molecule has 98 valence electrons. The monoisotopic (exact) mass is 246 g/mol. The summed E-state index contributed by atoms with van der Waals surface area (Å²) in [6.07, 6.45) is 2.42. The minimum Gasteiger partial charge on any atom is -0.371 e. The smallest absolute Gasteiger partial charge is 0.159 e. The summed E-state index contributed by atoms with van der Waals surface area (Å²) < 4.78 is 0. The molecule has 1 aliphatic rings. The zero-order chi connectivity index (χ0) is 13.1. The molecule has 2 rings (SSSR count). The van der Waals surface area contributed by atoms with Gasteiger partial charge in [0.25, 0.3) is 0 Å². The van der Waals surface area contributed by atoms with Crippen molar-refractivity contribution in [3.05, 3.63) is 29.8 Å². The van der Waals surface area contributed by atoms with Gasteiger partial charge in [0.15, 0.2) is 5.78 Å². The van der Waals surface area contributed by atoms with Crippen LogP contribution in [0.3, 0.4) is 0 Å². The van der Waals surface area contributed by atoms with Gasteiger partial charge in [-0.25, -0.2) is 0 Å². The van der Waals surface area contributed by atoms with Crippen molar-refractivity contribution in [3.8, 4) is 0 Å². The number of benzene rings is 1. The second-order valence-electron chi connectivity index (χ2n) is 5.28. The van der Waals surface area contributed by atoms with Crippen LogP contribution in [0, 0.1) is 0 Å². The molecule has 1 aromatic rings. The Balaban J connectivity index is 1.99. The highest BCUT2D eigenvalue weighted by molar-refractivity contribution is 5.94. The number of anilines is 1. The number of rotatable bonds is 3. The van der Waals surface area contributed by atoms with Crippen LogP contribution in [0.1, 0.15) is 30.1 Å². The Morgan fingerprint density at radius 3 is 2.17 bits per heavy atom. The van der Waals surface area contributed by atoms with Crippen molar-refractivity contribution in [1.29, 1.82) is 0 Å². The molecule has 0 aliphatic carbocycles. The number of piperidine rings is 1. The first-order valence-corrected chi connectivity index (χ1v) is 6.60. The molecule has 0 bridgehead atoms. The van der Waals surface area contributed by atoms with Crippen LogP contribution < -0.4 is 4.90 Å². The second kappa shape index (κ2) is 5.53. The van der Waals surface area contributed by atoms with Gasteiger partial charge in [0.05, 0.1) is 0 Å². The molecule has 3 nitrogen and oxygen atoms in total. The van der Waals surface area contributed by atoms with Crippen LogP contribution in [0.5, 0.6) is 0 Å². The fourth-order valence-corrected chi connectivity index (χ4v) is 2.55. The molecule has 0 aromatic heterocycles. The number of carbonyl (C=O) groups is 1. The first-order chi connectivity index (χ1) is 8.58. The molecule has 0 radical (unpaired) electrons. The van der Waals surface area contributed by atoms with Crippen LogP contribution in [0.4, 0.5) is 5.69 Å². The van der Waals surface area contributed by atoms with Gasteiger partial charge in [-0.1, -0.05) is 0 Å². The van der Waals surface area contributed by atoms with Crippen molar-refractivity contribution in [3.63, 3.8) is 0 Å². The quantitative estimate of drug-likeness (QED) is 0.765. The molecular formula is C15H22N2O. The first-order valence-electron chi connectivity index (χ1n) is 6.60. The summed E-state index contributed by atoms with van der Waals surface area (Å²) in [5.41, 5.74) is 2.03. The summed E-state index contributed by atoms with van der Waals surface area (Å²) >= 11 is 0. The predicted molar refractivity (Wildman–Crippen MR) is 75.4 cm³/mol. The molecule has 1 fully saturated rings. The molecule has 1 heterocycles. The zero-order valence-corrected chi connectivity index (χ0v) is 11.5. The van der Waals surface area contributed by atoms with Gasteiger partial charge in [0.2, 0.25) is 0 Å². The van der Waals surface area contributed by atoms with Gasteiger partial charge < -0.3 is 9.80 Å². The van der Waals surface area contributed by atoms with Crippen LogP contribution in [0.2, 0.25) is 0 Å². The largest absolute Gasteiger partial charge is 0.371 e. The lowest BCUT2D eigenvalue weighted by atomic mass is 10.0. The Bertz CT molecular complexity index is 403. The van der Waals surface area contributed by atoms with E-state index >= 15 is 0 Å².